The Hall–Kier alpha value is -4.28. The Balaban J connectivity index is 1.45. The second-order valence-corrected chi connectivity index (χ2v) is 11.7. The van der Waals surface area contributed by atoms with Crippen LogP contribution in [0, 0.1) is 5.82 Å². The van der Waals surface area contributed by atoms with Crippen LogP contribution in [0.1, 0.15) is 48.7 Å². The van der Waals surface area contributed by atoms with Gasteiger partial charge >= 0.3 is 0 Å². The van der Waals surface area contributed by atoms with E-state index in [4.69, 9.17) is 14.7 Å². The first-order chi connectivity index (χ1) is 20.2. The molecule has 0 amide bonds. The normalized spacial score (nSPS) is 12.5. The lowest BCUT2D eigenvalue weighted by Crippen LogP contribution is -2.27. The summed E-state index contributed by atoms with van der Waals surface area (Å²) in [6.45, 7) is 1.94. The summed E-state index contributed by atoms with van der Waals surface area (Å²) < 4.78 is 54.4. The van der Waals surface area contributed by atoms with Crippen LogP contribution in [0.15, 0.2) is 85.1 Å². The van der Waals surface area contributed by atoms with Crippen molar-refractivity contribution in [3.8, 4) is 22.9 Å². The Kier molecular flexibility index (Phi) is 8.84. The molecule has 0 fully saturated rings. The molecule has 1 unspecified atom stereocenters. The maximum atomic E-state index is 15.1. The zero-order valence-corrected chi connectivity index (χ0v) is 24.0. The van der Waals surface area contributed by atoms with E-state index in [9.17, 15) is 18.1 Å². The highest BCUT2D eigenvalue weighted by atomic mass is 32.2. The van der Waals surface area contributed by atoms with Crippen molar-refractivity contribution in [3.05, 3.63) is 113 Å². The number of imidazole rings is 1. The first-order valence-corrected chi connectivity index (χ1v) is 15.4. The lowest BCUT2D eigenvalue weighted by molar-refractivity contribution is 0.198. The molecule has 0 aliphatic carbocycles. The third-order valence-electron chi connectivity index (χ3n) is 6.94. The number of nitrogens with zero attached hydrogens (tertiary/aromatic N) is 3. The van der Waals surface area contributed by atoms with Gasteiger partial charge in [-0.2, -0.15) is 8.42 Å². The Morgan fingerprint density at radius 2 is 1.62 bits per heavy atom. The number of hydrogen-bond acceptors (Lipinski definition) is 6. The van der Waals surface area contributed by atoms with E-state index in [0.29, 0.717) is 47.6 Å². The zero-order valence-electron chi connectivity index (χ0n) is 23.1. The van der Waals surface area contributed by atoms with Crippen LogP contribution in [0.2, 0.25) is 0 Å². The Labute approximate surface area is 244 Å². The molecule has 5 rings (SSSR count). The Morgan fingerprint density at radius 1 is 0.929 bits per heavy atom. The van der Waals surface area contributed by atoms with E-state index < -0.39 is 27.8 Å². The minimum Gasteiger partial charge on any atom is -0.493 e. The highest BCUT2D eigenvalue weighted by Gasteiger charge is 2.21. The van der Waals surface area contributed by atoms with Crippen molar-refractivity contribution in [1.29, 1.82) is 0 Å². The standard InChI is InChI=1S/C32H32FN3O5S/c1-2-3-14-25(21-42(38,39)40)41-30-16-15-23(17-26(30)33)19-28-32(37)36-20-29(24-12-8-5-9-13-24)34-27(31(36)35-28)18-22-10-6-4-7-11-22/h4-13,15-17,20,25,37H,2-3,14,18-19,21H2,1H3,(H,38,39,40). The van der Waals surface area contributed by atoms with Crippen molar-refractivity contribution in [2.45, 2.75) is 45.1 Å². The van der Waals surface area contributed by atoms with E-state index in [2.05, 4.69) is 0 Å². The molecule has 0 saturated heterocycles. The van der Waals surface area contributed by atoms with E-state index in [1.54, 1.807) is 16.7 Å². The van der Waals surface area contributed by atoms with E-state index in [1.165, 1.54) is 12.1 Å². The largest absolute Gasteiger partial charge is 0.493 e. The first kappa shape index (κ1) is 29.2. The molecular weight excluding hydrogens is 557 g/mol. The first-order valence-electron chi connectivity index (χ1n) is 13.8. The predicted molar refractivity (Wildman–Crippen MR) is 159 cm³/mol. The minimum absolute atomic E-state index is 0.0626. The van der Waals surface area contributed by atoms with Gasteiger partial charge in [-0.1, -0.05) is 86.5 Å². The highest BCUT2D eigenvalue weighted by molar-refractivity contribution is 7.85. The van der Waals surface area contributed by atoms with Gasteiger partial charge in [-0.05, 0) is 29.7 Å². The van der Waals surface area contributed by atoms with E-state index in [1.807, 2.05) is 67.6 Å². The Bertz CT molecular complexity index is 1780. The van der Waals surface area contributed by atoms with Gasteiger partial charge < -0.3 is 9.84 Å². The number of hydrogen-bond donors (Lipinski definition) is 2. The second kappa shape index (κ2) is 12.7. The average molecular weight is 590 g/mol. The highest BCUT2D eigenvalue weighted by Crippen LogP contribution is 2.29. The molecule has 0 aliphatic rings. The smallest absolute Gasteiger partial charge is 0.268 e. The summed E-state index contributed by atoms with van der Waals surface area (Å²) in [6, 6.07) is 23.9. The number of aromatic hydroxyl groups is 1. The van der Waals surface area contributed by atoms with Crippen LogP contribution < -0.4 is 4.74 Å². The van der Waals surface area contributed by atoms with Crippen LogP contribution in [0.3, 0.4) is 0 Å². The summed E-state index contributed by atoms with van der Waals surface area (Å²) in [6.07, 6.45) is 3.33. The molecule has 218 valence electrons. The van der Waals surface area contributed by atoms with Gasteiger partial charge in [-0.25, -0.2) is 14.4 Å². The molecule has 10 heteroatoms. The summed E-state index contributed by atoms with van der Waals surface area (Å²) in [5, 5.41) is 11.2. The number of aromatic nitrogens is 3. The molecule has 0 radical (unpaired) electrons. The van der Waals surface area contributed by atoms with Crippen molar-refractivity contribution in [2.75, 3.05) is 5.75 Å². The molecule has 8 nitrogen and oxygen atoms in total. The molecule has 0 saturated carbocycles. The third kappa shape index (κ3) is 7.13. The SMILES string of the molecule is CCCCC(CS(=O)(=O)O)Oc1ccc(Cc2nc3c(Cc4ccccc4)nc(-c4ccccc4)cn3c2O)cc1F. The lowest BCUT2D eigenvalue weighted by Gasteiger charge is -2.18. The molecule has 2 heterocycles. The molecule has 42 heavy (non-hydrogen) atoms. The van der Waals surface area contributed by atoms with Crippen molar-refractivity contribution >= 4 is 15.8 Å². The molecular formula is C32H32FN3O5S. The lowest BCUT2D eigenvalue weighted by atomic mass is 10.1. The van der Waals surface area contributed by atoms with Gasteiger partial charge in [0.1, 0.15) is 17.6 Å². The minimum atomic E-state index is -4.29. The van der Waals surface area contributed by atoms with Crippen LogP contribution in [0.4, 0.5) is 4.39 Å². The fraction of sp³-hybridized carbons (Fsp3) is 0.250. The van der Waals surface area contributed by atoms with Gasteiger partial charge in [-0.3, -0.25) is 8.95 Å². The van der Waals surface area contributed by atoms with Crippen LogP contribution in [-0.2, 0) is 23.0 Å². The quantitative estimate of drug-likeness (QED) is 0.165. The summed E-state index contributed by atoms with van der Waals surface area (Å²) in [5.74, 6) is -1.46. The van der Waals surface area contributed by atoms with Crippen LogP contribution in [0.25, 0.3) is 16.9 Å². The van der Waals surface area contributed by atoms with E-state index in [0.717, 1.165) is 17.5 Å². The third-order valence-corrected chi connectivity index (χ3v) is 7.73. The van der Waals surface area contributed by atoms with Crippen molar-refractivity contribution in [1.82, 2.24) is 14.4 Å². The van der Waals surface area contributed by atoms with Gasteiger partial charge in [0.25, 0.3) is 10.1 Å². The fourth-order valence-electron chi connectivity index (χ4n) is 4.88. The van der Waals surface area contributed by atoms with Crippen LogP contribution >= 0.6 is 0 Å². The van der Waals surface area contributed by atoms with Gasteiger partial charge in [0.2, 0.25) is 5.88 Å². The number of ether oxygens (including phenoxy) is 1. The number of benzene rings is 3. The predicted octanol–water partition coefficient (Wildman–Crippen LogP) is 6.25. The number of unbranched alkanes of at least 4 members (excludes halogenated alkanes) is 1. The molecule has 0 spiro atoms. The number of fused-ring (bicyclic) bond motifs is 1. The number of halogens is 1. The summed E-state index contributed by atoms with van der Waals surface area (Å²) in [7, 11) is -4.29. The molecule has 3 aromatic carbocycles. The molecule has 0 aliphatic heterocycles. The van der Waals surface area contributed by atoms with Gasteiger partial charge in [0.05, 0.1) is 11.4 Å². The zero-order chi connectivity index (χ0) is 29.7. The van der Waals surface area contributed by atoms with Gasteiger partial charge in [-0.15, -0.1) is 0 Å². The second-order valence-electron chi connectivity index (χ2n) is 10.2. The van der Waals surface area contributed by atoms with Crippen molar-refractivity contribution in [3.63, 3.8) is 0 Å². The Morgan fingerprint density at radius 3 is 2.29 bits per heavy atom. The summed E-state index contributed by atoms with van der Waals surface area (Å²) >= 11 is 0. The monoisotopic (exact) mass is 589 g/mol. The van der Waals surface area contributed by atoms with E-state index in [-0.39, 0.29) is 18.1 Å². The van der Waals surface area contributed by atoms with E-state index >= 15 is 4.39 Å². The fourth-order valence-corrected chi connectivity index (χ4v) is 5.59. The maximum Gasteiger partial charge on any atom is 0.268 e. The number of rotatable bonds is 12. The topological polar surface area (TPSA) is 114 Å². The summed E-state index contributed by atoms with van der Waals surface area (Å²) in [4.78, 5) is 9.61. The van der Waals surface area contributed by atoms with Crippen LogP contribution in [-0.4, -0.2) is 44.3 Å². The molecule has 2 N–H and O–H groups in total. The van der Waals surface area contributed by atoms with Gasteiger partial charge in [0.15, 0.2) is 17.2 Å². The molecule has 0 bridgehead atoms. The average Bonchev–Trinajstić information content (AvgIpc) is 3.28. The van der Waals surface area contributed by atoms with Crippen LogP contribution in [0.5, 0.6) is 11.6 Å². The van der Waals surface area contributed by atoms with Crippen molar-refractivity contribution < 1.29 is 27.2 Å². The summed E-state index contributed by atoms with van der Waals surface area (Å²) in [5.41, 5.74) is 4.72. The molecule has 2 aromatic heterocycles. The maximum absolute atomic E-state index is 15.1. The van der Waals surface area contributed by atoms with Gasteiger partial charge in [0, 0.05) is 24.6 Å². The molecule has 5 aromatic rings. The molecule has 1 atom stereocenters. The van der Waals surface area contributed by atoms with Crippen molar-refractivity contribution in [2.24, 2.45) is 0 Å².